The van der Waals surface area contributed by atoms with E-state index in [0.717, 1.165) is 5.56 Å². The molecule has 0 spiro atoms. The minimum absolute atomic E-state index is 0.0278. The van der Waals surface area contributed by atoms with Crippen LogP contribution in [0.5, 0.6) is 5.75 Å². The zero-order chi connectivity index (χ0) is 22.7. The molecule has 1 aliphatic heterocycles. The van der Waals surface area contributed by atoms with Gasteiger partial charge in [-0.1, -0.05) is 23.7 Å². The molecular formula is C25H21ClN2O4. The van der Waals surface area contributed by atoms with Crippen molar-refractivity contribution in [3.05, 3.63) is 100 Å². The number of aliphatic hydroxyl groups excluding tert-OH is 1. The smallest absolute Gasteiger partial charge is 0.295 e. The molecule has 7 heteroatoms. The number of pyridine rings is 1. The lowest BCUT2D eigenvalue weighted by Gasteiger charge is -2.25. The molecule has 0 radical (unpaired) electrons. The van der Waals surface area contributed by atoms with Gasteiger partial charge in [-0.05, 0) is 66.6 Å². The number of benzene rings is 2. The molecule has 0 aliphatic carbocycles. The highest BCUT2D eigenvalue weighted by Gasteiger charge is 2.46. The summed E-state index contributed by atoms with van der Waals surface area (Å²) < 4.78 is 5.62. The van der Waals surface area contributed by atoms with E-state index in [0.29, 0.717) is 28.5 Å². The quantitative estimate of drug-likeness (QED) is 0.334. The number of carbonyl (C=O) groups excluding carboxylic acids is 2. The van der Waals surface area contributed by atoms with Crippen LogP contribution in [-0.4, -0.2) is 33.3 Å². The third kappa shape index (κ3) is 4.22. The molecule has 3 aromatic rings. The third-order valence-electron chi connectivity index (χ3n) is 5.24. The van der Waals surface area contributed by atoms with Crippen molar-refractivity contribution < 1.29 is 19.4 Å². The highest BCUT2D eigenvalue weighted by Crippen LogP contribution is 2.41. The zero-order valence-electron chi connectivity index (χ0n) is 17.4. The summed E-state index contributed by atoms with van der Waals surface area (Å²) in [6.45, 7) is 2.54. The average molecular weight is 449 g/mol. The molecule has 0 bridgehead atoms. The van der Waals surface area contributed by atoms with Crippen LogP contribution in [0.1, 0.15) is 29.7 Å². The van der Waals surface area contributed by atoms with Gasteiger partial charge in [0, 0.05) is 29.5 Å². The summed E-state index contributed by atoms with van der Waals surface area (Å²) >= 11 is 5.97. The van der Waals surface area contributed by atoms with Crippen molar-refractivity contribution in [2.45, 2.75) is 19.5 Å². The van der Waals surface area contributed by atoms with Crippen LogP contribution in [0.25, 0.3) is 5.76 Å². The Morgan fingerprint density at radius 1 is 1.09 bits per heavy atom. The Kier molecular flexibility index (Phi) is 6.23. The Hall–Kier alpha value is -3.64. The topological polar surface area (TPSA) is 79.7 Å². The second-order valence-electron chi connectivity index (χ2n) is 7.29. The SMILES string of the molecule is CCOc1cccc(C2/C(=C(\O)c3ccc(Cl)cc3)C(=O)C(=O)N2Cc2ccncc2)c1. The van der Waals surface area contributed by atoms with Crippen LogP contribution in [0.4, 0.5) is 0 Å². The molecule has 1 aliphatic rings. The molecule has 1 fully saturated rings. The zero-order valence-corrected chi connectivity index (χ0v) is 18.1. The molecular weight excluding hydrogens is 428 g/mol. The lowest BCUT2D eigenvalue weighted by molar-refractivity contribution is -0.140. The lowest BCUT2D eigenvalue weighted by atomic mass is 9.95. The van der Waals surface area contributed by atoms with E-state index < -0.39 is 17.7 Å². The summed E-state index contributed by atoms with van der Waals surface area (Å²) in [5, 5.41) is 11.6. The standard InChI is InChI=1S/C25H21ClN2O4/c1-2-32-20-5-3-4-18(14-20)22-21(23(29)17-6-8-19(26)9-7-17)24(30)25(31)28(22)15-16-10-12-27-13-11-16/h3-14,22,29H,2,15H2,1H3/b23-21+. The summed E-state index contributed by atoms with van der Waals surface area (Å²) in [6, 6.07) is 16.5. The molecule has 1 unspecified atom stereocenters. The van der Waals surface area contributed by atoms with Crippen molar-refractivity contribution in [2.24, 2.45) is 0 Å². The largest absolute Gasteiger partial charge is 0.507 e. The third-order valence-corrected chi connectivity index (χ3v) is 5.50. The van der Waals surface area contributed by atoms with Gasteiger partial charge in [0.25, 0.3) is 11.7 Å². The van der Waals surface area contributed by atoms with Crippen molar-refractivity contribution in [3.63, 3.8) is 0 Å². The minimum atomic E-state index is -0.778. The Morgan fingerprint density at radius 3 is 2.50 bits per heavy atom. The molecule has 1 N–H and O–H groups in total. The Bertz CT molecular complexity index is 1180. The van der Waals surface area contributed by atoms with Gasteiger partial charge >= 0.3 is 0 Å². The van der Waals surface area contributed by atoms with Gasteiger partial charge in [-0.2, -0.15) is 0 Å². The van der Waals surface area contributed by atoms with Crippen molar-refractivity contribution in [1.82, 2.24) is 9.88 Å². The van der Waals surface area contributed by atoms with Crippen molar-refractivity contribution in [2.75, 3.05) is 6.61 Å². The first kappa shape index (κ1) is 21.6. The number of ketones is 1. The monoisotopic (exact) mass is 448 g/mol. The lowest BCUT2D eigenvalue weighted by Crippen LogP contribution is -2.29. The fourth-order valence-corrected chi connectivity index (χ4v) is 3.90. The van der Waals surface area contributed by atoms with Gasteiger partial charge in [0.05, 0.1) is 18.2 Å². The highest BCUT2D eigenvalue weighted by atomic mass is 35.5. The van der Waals surface area contributed by atoms with Crippen LogP contribution in [-0.2, 0) is 16.1 Å². The van der Waals surface area contributed by atoms with E-state index in [9.17, 15) is 14.7 Å². The predicted octanol–water partition coefficient (Wildman–Crippen LogP) is 4.76. The number of halogens is 1. The second-order valence-corrected chi connectivity index (χ2v) is 7.73. The highest BCUT2D eigenvalue weighted by molar-refractivity contribution is 6.46. The summed E-state index contributed by atoms with van der Waals surface area (Å²) in [5.74, 6) is -1.04. The Labute approximate surface area is 190 Å². The van der Waals surface area contributed by atoms with Crippen molar-refractivity contribution in [1.29, 1.82) is 0 Å². The maximum Gasteiger partial charge on any atom is 0.295 e. The fourth-order valence-electron chi connectivity index (χ4n) is 3.78. The van der Waals surface area contributed by atoms with Crippen molar-refractivity contribution in [3.8, 4) is 5.75 Å². The van der Waals surface area contributed by atoms with Gasteiger partial charge in [-0.25, -0.2) is 0 Å². The summed E-state index contributed by atoms with van der Waals surface area (Å²) in [6.07, 6.45) is 3.26. The van der Waals surface area contributed by atoms with E-state index in [2.05, 4.69) is 4.98 Å². The van der Waals surface area contributed by atoms with Gasteiger partial charge < -0.3 is 14.7 Å². The maximum absolute atomic E-state index is 13.1. The second kappa shape index (κ2) is 9.24. The number of nitrogens with zero attached hydrogens (tertiary/aromatic N) is 2. The first-order chi connectivity index (χ1) is 15.5. The van der Waals surface area contributed by atoms with Gasteiger partial charge in [0.2, 0.25) is 0 Å². The van der Waals surface area contributed by atoms with Gasteiger partial charge in [0.15, 0.2) is 0 Å². The van der Waals surface area contributed by atoms with E-state index in [1.54, 1.807) is 67.0 Å². The number of hydrogen-bond donors (Lipinski definition) is 1. The number of hydrogen-bond acceptors (Lipinski definition) is 5. The molecule has 1 atom stereocenters. The summed E-state index contributed by atoms with van der Waals surface area (Å²) in [7, 11) is 0. The fraction of sp³-hybridized carbons (Fsp3) is 0.160. The van der Waals surface area contributed by atoms with Crippen LogP contribution in [0.3, 0.4) is 0 Å². The van der Waals surface area contributed by atoms with Crippen LogP contribution < -0.4 is 4.74 Å². The van der Waals surface area contributed by atoms with Crippen LogP contribution in [0, 0.1) is 0 Å². The van der Waals surface area contributed by atoms with E-state index in [1.165, 1.54) is 4.90 Å². The first-order valence-corrected chi connectivity index (χ1v) is 10.5. The Balaban J connectivity index is 1.86. The number of likely N-dealkylation sites (tertiary alicyclic amines) is 1. The van der Waals surface area contributed by atoms with Crippen LogP contribution in [0.15, 0.2) is 78.6 Å². The van der Waals surface area contributed by atoms with Crippen molar-refractivity contribution >= 4 is 29.1 Å². The molecule has 2 aromatic carbocycles. The number of amides is 1. The summed E-state index contributed by atoms with van der Waals surface area (Å²) in [4.78, 5) is 31.6. The number of Topliss-reactive ketones (excluding diaryl/α,β-unsaturated/α-hetero) is 1. The predicted molar refractivity (Wildman–Crippen MR) is 121 cm³/mol. The first-order valence-electron chi connectivity index (χ1n) is 10.2. The number of ether oxygens (including phenoxy) is 1. The average Bonchev–Trinajstić information content (AvgIpc) is 3.05. The number of carbonyl (C=O) groups is 2. The van der Waals surface area contributed by atoms with Gasteiger partial charge in [-0.3, -0.25) is 14.6 Å². The minimum Gasteiger partial charge on any atom is -0.507 e. The molecule has 32 heavy (non-hydrogen) atoms. The van der Waals surface area contributed by atoms with Gasteiger partial charge in [-0.15, -0.1) is 0 Å². The maximum atomic E-state index is 13.1. The van der Waals surface area contributed by atoms with E-state index in [-0.39, 0.29) is 17.9 Å². The number of aromatic nitrogens is 1. The van der Waals surface area contributed by atoms with E-state index >= 15 is 0 Å². The molecule has 162 valence electrons. The normalized spacial score (nSPS) is 17.6. The van der Waals surface area contributed by atoms with Crippen LogP contribution in [0.2, 0.25) is 5.02 Å². The molecule has 1 aromatic heterocycles. The number of rotatable bonds is 6. The molecule has 1 amide bonds. The summed E-state index contributed by atoms with van der Waals surface area (Å²) in [5.41, 5.74) is 1.92. The van der Waals surface area contributed by atoms with E-state index in [1.807, 2.05) is 13.0 Å². The molecule has 4 rings (SSSR count). The Morgan fingerprint density at radius 2 is 1.81 bits per heavy atom. The van der Waals surface area contributed by atoms with Gasteiger partial charge in [0.1, 0.15) is 11.5 Å². The van der Waals surface area contributed by atoms with E-state index in [4.69, 9.17) is 16.3 Å². The molecule has 6 nitrogen and oxygen atoms in total. The molecule has 1 saturated heterocycles. The van der Waals surface area contributed by atoms with Crippen LogP contribution >= 0.6 is 11.6 Å². The molecule has 2 heterocycles. The number of aliphatic hydroxyl groups is 1. The molecule has 0 saturated carbocycles.